The Hall–Kier alpha value is -7.36. The van der Waals surface area contributed by atoms with Crippen molar-refractivity contribution in [3.05, 3.63) is 205 Å². The van der Waals surface area contributed by atoms with Gasteiger partial charge in [-0.05, 0) is 139 Å². The van der Waals surface area contributed by atoms with Gasteiger partial charge in [0.1, 0.15) is 11.2 Å². The van der Waals surface area contributed by atoms with E-state index < -0.39 is 0 Å². The number of hydrogen-bond donors (Lipinski definition) is 0. The molecule has 0 unspecified atom stereocenters. The largest absolute Gasteiger partial charge is 0.455 e. The molecular formula is C60H50N2O. The number of rotatable bonds is 6. The van der Waals surface area contributed by atoms with Gasteiger partial charge in [0.15, 0.2) is 0 Å². The summed E-state index contributed by atoms with van der Waals surface area (Å²) in [5.41, 5.74) is 11.0. The molecule has 1 aromatic heterocycles. The Morgan fingerprint density at radius 2 is 0.730 bits per heavy atom. The maximum Gasteiger partial charge on any atom is 0.143 e. The molecule has 306 valence electrons. The van der Waals surface area contributed by atoms with Crippen molar-refractivity contribution in [1.82, 2.24) is 0 Å². The highest BCUT2D eigenvalue weighted by atomic mass is 16.3. The molecule has 1 heterocycles. The third-order valence-corrected chi connectivity index (χ3v) is 12.9. The lowest BCUT2D eigenvalue weighted by atomic mass is 9.87. The van der Waals surface area contributed by atoms with Crippen molar-refractivity contribution in [1.29, 1.82) is 0 Å². The van der Waals surface area contributed by atoms with E-state index in [4.69, 9.17) is 4.42 Å². The van der Waals surface area contributed by atoms with Crippen molar-refractivity contribution < 1.29 is 4.42 Å². The highest BCUT2D eigenvalue weighted by molar-refractivity contribution is 6.30. The number of fused-ring (bicyclic) bond motifs is 10. The van der Waals surface area contributed by atoms with Crippen molar-refractivity contribution in [3.8, 4) is 0 Å². The first kappa shape index (κ1) is 38.6. The molecule has 3 nitrogen and oxygen atoms in total. The SMILES string of the molecule is CC(C)(C)c1ccc(N(c2ccc3ccccc3c2)c2ccc3c(c2)oc2c4ccc(N(c5ccc(C(C)(C)C)cc5)c5ccc6ccccc6c5)cc4c4ccccc4c32)cc1. The summed E-state index contributed by atoms with van der Waals surface area (Å²) >= 11 is 0. The van der Waals surface area contributed by atoms with Crippen LogP contribution in [0.15, 0.2) is 199 Å². The highest BCUT2D eigenvalue weighted by Crippen LogP contribution is 2.46. The predicted molar refractivity (Wildman–Crippen MR) is 271 cm³/mol. The summed E-state index contributed by atoms with van der Waals surface area (Å²) in [4.78, 5) is 4.74. The first-order valence-electron chi connectivity index (χ1n) is 22.1. The molecular weight excluding hydrogens is 765 g/mol. The Morgan fingerprint density at radius 3 is 1.25 bits per heavy atom. The van der Waals surface area contributed by atoms with Crippen molar-refractivity contribution >= 4 is 99.2 Å². The van der Waals surface area contributed by atoms with Crippen LogP contribution in [0.4, 0.5) is 34.1 Å². The van der Waals surface area contributed by atoms with E-state index in [2.05, 4.69) is 245 Å². The molecule has 0 fully saturated rings. The highest BCUT2D eigenvalue weighted by Gasteiger charge is 2.23. The Bertz CT molecular complexity index is 3530. The van der Waals surface area contributed by atoms with Gasteiger partial charge < -0.3 is 14.2 Å². The molecule has 0 N–H and O–H groups in total. The molecule has 0 aliphatic heterocycles. The molecule has 0 saturated carbocycles. The Balaban J connectivity index is 1.09. The van der Waals surface area contributed by atoms with Gasteiger partial charge in [-0.2, -0.15) is 0 Å². The van der Waals surface area contributed by atoms with Crippen LogP contribution in [0.5, 0.6) is 0 Å². The fourth-order valence-corrected chi connectivity index (χ4v) is 9.46. The minimum absolute atomic E-state index is 0.0538. The van der Waals surface area contributed by atoms with Crippen LogP contribution in [-0.4, -0.2) is 0 Å². The van der Waals surface area contributed by atoms with Gasteiger partial charge in [0.2, 0.25) is 0 Å². The topological polar surface area (TPSA) is 19.6 Å². The molecule has 0 amide bonds. The van der Waals surface area contributed by atoms with E-state index in [0.29, 0.717) is 0 Å². The molecule has 3 heteroatoms. The van der Waals surface area contributed by atoms with Crippen LogP contribution in [0.3, 0.4) is 0 Å². The summed E-state index contributed by atoms with van der Waals surface area (Å²) in [7, 11) is 0. The van der Waals surface area contributed by atoms with Gasteiger partial charge >= 0.3 is 0 Å². The Kier molecular flexibility index (Phi) is 8.96. The van der Waals surface area contributed by atoms with E-state index in [1.54, 1.807) is 0 Å². The summed E-state index contributed by atoms with van der Waals surface area (Å²) in [6, 6.07) is 71.1. The van der Waals surface area contributed by atoms with E-state index in [-0.39, 0.29) is 10.8 Å². The van der Waals surface area contributed by atoms with Crippen LogP contribution < -0.4 is 9.80 Å². The van der Waals surface area contributed by atoms with Gasteiger partial charge in [-0.3, -0.25) is 0 Å². The standard InChI is InChI=1S/C60H50N2O/c1-59(2,3)43-21-27-45(28-22-43)61(47-25-19-39-13-7-9-15-41(39)35-47)49-31-33-53-55(37-49)51-17-11-12-18-52(51)57-54-34-32-50(38-56(54)63-58(53)57)62(46-29-23-44(24-30-46)60(4,5)6)48-26-20-40-14-8-10-16-42(40)36-48/h7-38H,1-6H3. The Labute approximate surface area is 369 Å². The lowest BCUT2D eigenvalue weighted by molar-refractivity contribution is 0.590. The van der Waals surface area contributed by atoms with Gasteiger partial charge in [-0.1, -0.05) is 151 Å². The summed E-state index contributed by atoms with van der Waals surface area (Å²) in [5, 5.41) is 11.7. The zero-order valence-electron chi connectivity index (χ0n) is 36.8. The zero-order chi connectivity index (χ0) is 43.0. The van der Waals surface area contributed by atoms with Crippen LogP contribution in [0.1, 0.15) is 52.7 Å². The van der Waals surface area contributed by atoms with Crippen molar-refractivity contribution in [2.24, 2.45) is 0 Å². The van der Waals surface area contributed by atoms with E-state index in [1.165, 1.54) is 43.4 Å². The maximum atomic E-state index is 7.09. The molecule has 0 aliphatic rings. The van der Waals surface area contributed by atoms with Crippen molar-refractivity contribution in [3.63, 3.8) is 0 Å². The zero-order valence-corrected chi connectivity index (χ0v) is 36.8. The van der Waals surface area contributed by atoms with Crippen LogP contribution in [-0.2, 0) is 10.8 Å². The number of nitrogens with zero attached hydrogens (tertiary/aromatic N) is 2. The van der Waals surface area contributed by atoms with Gasteiger partial charge in [-0.15, -0.1) is 0 Å². The number of hydrogen-bond acceptors (Lipinski definition) is 3. The Morgan fingerprint density at radius 1 is 0.317 bits per heavy atom. The first-order valence-corrected chi connectivity index (χ1v) is 22.1. The normalized spacial score (nSPS) is 12.3. The second-order valence-electron chi connectivity index (χ2n) is 19.1. The van der Waals surface area contributed by atoms with Gasteiger partial charge in [0.25, 0.3) is 0 Å². The minimum Gasteiger partial charge on any atom is -0.455 e. The van der Waals surface area contributed by atoms with E-state index >= 15 is 0 Å². The monoisotopic (exact) mass is 814 g/mol. The lowest BCUT2D eigenvalue weighted by Crippen LogP contribution is -2.13. The molecule has 0 radical (unpaired) electrons. The average Bonchev–Trinajstić information content (AvgIpc) is 3.68. The van der Waals surface area contributed by atoms with Crippen LogP contribution in [0, 0.1) is 0 Å². The van der Waals surface area contributed by atoms with Crippen LogP contribution in [0.2, 0.25) is 0 Å². The molecule has 11 aromatic rings. The predicted octanol–water partition coefficient (Wildman–Crippen LogP) is 17.7. The summed E-state index contributed by atoms with van der Waals surface area (Å²) in [6.45, 7) is 13.6. The molecule has 0 aliphatic carbocycles. The smallest absolute Gasteiger partial charge is 0.143 e. The first-order chi connectivity index (χ1) is 30.5. The van der Waals surface area contributed by atoms with E-state index in [9.17, 15) is 0 Å². The van der Waals surface area contributed by atoms with Crippen LogP contribution >= 0.6 is 0 Å². The van der Waals surface area contributed by atoms with E-state index in [0.717, 1.165) is 66.8 Å². The molecule has 10 aromatic carbocycles. The van der Waals surface area contributed by atoms with Crippen molar-refractivity contribution in [2.75, 3.05) is 9.80 Å². The third-order valence-electron chi connectivity index (χ3n) is 12.9. The summed E-state index contributed by atoms with van der Waals surface area (Å²) in [6.07, 6.45) is 0. The second-order valence-corrected chi connectivity index (χ2v) is 19.1. The lowest BCUT2D eigenvalue weighted by Gasteiger charge is -2.27. The molecule has 63 heavy (non-hydrogen) atoms. The van der Waals surface area contributed by atoms with Crippen molar-refractivity contribution in [2.45, 2.75) is 52.4 Å². The van der Waals surface area contributed by atoms with Gasteiger partial charge in [0, 0.05) is 56.3 Å². The van der Waals surface area contributed by atoms with Gasteiger partial charge in [0.05, 0.1) is 0 Å². The number of furan rings is 1. The fourth-order valence-electron chi connectivity index (χ4n) is 9.46. The third kappa shape index (κ3) is 6.76. The molecule has 0 saturated heterocycles. The average molecular weight is 815 g/mol. The second kappa shape index (κ2) is 14.6. The van der Waals surface area contributed by atoms with E-state index in [1.807, 2.05) is 0 Å². The molecule has 0 atom stereocenters. The molecule has 0 spiro atoms. The van der Waals surface area contributed by atoms with Crippen LogP contribution in [0.25, 0.3) is 65.0 Å². The molecule has 11 rings (SSSR count). The number of benzene rings is 10. The fraction of sp³-hybridized carbons (Fsp3) is 0.133. The summed E-state index contributed by atoms with van der Waals surface area (Å²) in [5.74, 6) is 0. The summed E-state index contributed by atoms with van der Waals surface area (Å²) < 4.78 is 7.09. The molecule has 0 bridgehead atoms. The quantitative estimate of drug-likeness (QED) is 0.156. The minimum atomic E-state index is 0.0538. The van der Waals surface area contributed by atoms with Gasteiger partial charge in [-0.25, -0.2) is 0 Å². The maximum absolute atomic E-state index is 7.09. The number of anilines is 6.